The lowest BCUT2D eigenvalue weighted by Crippen LogP contribution is -2.21. The van der Waals surface area contributed by atoms with Gasteiger partial charge in [-0.3, -0.25) is 14.4 Å². The first-order valence-electron chi connectivity index (χ1n) is 7.01. The van der Waals surface area contributed by atoms with E-state index in [4.69, 9.17) is 9.57 Å². The number of hydrogen-bond donors (Lipinski definition) is 1. The summed E-state index contributed by atoms with van der Waals surface area (Å²) in [4.78, 5) is 28.6. The molecule has 0 saturated heterocycles. The van der Waals surface area contributed by atoms with Crippen LogP contribution in [-0.4, -0.2) is 18.8 Å². The highest BCUT2D eigenvalue weighted by atomic mass is 16.6. The molecular weight excluding hydrogens is 294 g/mol. The summed E-state index contributed by atoms with van der Waals surface area (Å²) >= 11 is 0. The predicted molar refractivity (Wildman–Crippen MR) is 85.8 cm³/mol. The van der Waals surface area contributed by atoms with Crippen LogP contribution in [0.15, 0.2) is 66.7 Å². The zero-order valence-corrected chi connectivity index (χ0v) is 12.7. The molecular formula is C18H17NO4. The second kappa shape index (κ2) is 8.51. The SMILES string of the molecule is COc1cccc(C(=O)C=CC(=O)NOCc2ccccc2)c1. The maximum Gasteiger partial charge on any atom is 0.267 e. The molecule has 0 aliphatic carbocycles. The van der Waals surface area contributed by atoms with Gasteiger partial charge in [-0.25, -0.2) is 5.48 Å². The largest absolute Gasteiger partial charge is 0.497 e. The van der Waals surface area contributed by atoms with Crippen molar-refractivity contribution in [2.24, 2.45) is 0 Å². The summed E-state index contributed by atoms with van der Waals surface area (Å²) in [6.45, 7) is 0.254. The van der Waals surface area contributed by atoms with E-state index in [0.717, 1.165) is 11.6 Å². The lowest BCUT2D eigenvalue weighted by atomic mass is 10.1. The van der Waals surface area contributed by atoms with Gasteiger partial charge in [-0.05, 0) is 23.8 Å². The zero-order chi connectivity index (χ0) is 16.5. The third-order valence-corrected chi connectivity index (χ3v) is 2.99. The van der Waals surface area contributed by atoms with Gasteiger partial charge in [0.2, 0.25) is 0 Å². The Kier molecular flexibility index (Phi) is 6.08. The minimum Gasteiger partial charge on any atom is -0.497 e. The van der Waals surface area contributed by atoms with Crippen molar-refractivity contribution in [2.45, 2.75) is 6.61 Å². The van der Waals surface area contributed by atoms with Gasteiger partial charge in [-0.2, -0.15) is 0 Å². The molecule has 2 rings (SSSR count). The summed E-state index contributed by atoms with van der Waals surface area (Å²) in [7, 11) is 1.52. The highest BCUT2D eigenvalue weighted by Crippen LogP contribution is 2.13. The Hall–Kier alpha value is -2.92. The van der Waals surface area contributed by atoms with Crippen molar-refractivity contribution in [1.82, 2.24) is 5.48 Å². The van der Waals surface area contributed by atoms with Crippen molar-refractivity contribution >= 4 is 11.7 Å². The minimum absolute atomic E-state index is 0.254. The molecule has 118 valence electrons. The van der Waals surface area contributed by atoms with Gasteiger partial charge >= 0.3 is 0 Å². The number of hydrogen-bond acceptors (Lipinski definition) is 4. The van der Waals surface area contributed by atoms with Crippen LogP contribution in [0.3, 0.4) is 0 Å². The van der Waals surface area contributed by atoms with Gasteiger partial charge in [0.15, 0.2) is 5.78 Å². The Labute approximate surface area is 134 Å². The van der Waals surface area contributed by atoms with E-state index in [-0.39, 0.29) is 12.4 Å². The van der Waals surface area contributed by atoms with Gasteiger partial charge in [-0.15, -0.1) is 0 Å². The number of ether oxygens (including phenoxy) is 1. The predicted octanol–water partition coefficient (Wildman–Crippen LogP) is 2.68. The molecule has 0 aliphatic rings. The van der Waals surface area contributed by atoms with E-state index in [9.17, 15) is 9.59 Å². The first kappa shape index (κ1) is 16.5. The molecule has 5 nitrogen and oxygen atoms in total. The Balaban J connectivity index is 1.82. The Morgan fingerprint density at radius 2 is 1.83 bits per heavy atom. The molecule has 1 amide bonds. The lowest BCUT2D eigenvalue weighted by molar-refractivity contribution is -0.129. The van der Waals surface area contributed by atoms with Crippen LogP contribution in [0.25, 0.3) is 0 Å². The molecule has 0 atom stereocenters. The number of ketones is 1. The van der Waals surface area contributed by atoms with E-state index in [1.807, 2.05) is 30.3 Å². The molecule has 0 unspecified atom stereocenters. The fraction of sp³-hybridized carbons (Fsp3) is 0.111. The van der Waals surface area contributed by atoms with Gasteiger partial charge in [0, 0.05) is 11.6 Å². The molecule has 5 heteroatoms. The molecule has 0 spiro atoms. The van der Waals surface area contributed by atoms with Crippen molar-refractivity contribution in [3.63, 3.8) is 0 Å². The molecule has 23 heavy (non-hydrogen) atoms. The van der Waals surface area contributed by atoms with E-state index in [2.05, 4.69) is 5.48 Å². The molecule has 0 saturated carbocycles. The van der Waals surface area contributed by atoms with Gasteiger partial charge in [0.25, 0.3) is 5.91 Å². The number of allylic oxidation sites excluding steroid dienone is 1. The highest BCUT2D eigenvalue weighted by molar-refractivity contribution is 6.07. The third-order valence-electron chi connectivity index (χ3n) is 2.99. The molecule has 0 heterocycles. The van der Waals surface area contributed by atoms with Crippen molar-refractivity contribution in [2.75, 3.05) is 7.11 Å². The standard InChI is InChI=1S/C18H17NO4/c1-22-16-9-5-8-15(12-16)17(20)10-11-18(21)19-23-13-14-6-3-2-4-7-14/h2-12H,13H2,1H3,(H,19,21). The maximum atomic E-state index is 11.9. The molecule has 0 fully saturated rings. The van der Waals surface area contributed by atoms with E-state index < -0.39 is 5.91 Å². The number of methoxy groups -OCH3 is 1. The van der Waals surface area contributed by atoms with Crippen LogP contribution in [0.4, 0.5) is 0 Å². The molecule has 1 N–H and O–H groups in total. The molecule has 0 aliphatic heterocycles. The van der Waals surface area contributed by atoms with Crippen LogP contribution in [-0.2, 0) is 16.2 Å². The Morgan fingerprint density at radius 3 is 2.57 bits per heavy atom. The summed E-state index contributed by atoms with van der Waals surface area (Å²) in [6, 6.07) is 16.1. The van der Waals surface area contributed by atoms with Crippen molar-refractivity contribution < 1.29 is 19.2 Å². The highest BCUT2D eigenvalue weighted by Gasteiger charge is 2.04. The fourth-order valence-electron chi connectivity index (χ4n) is 1.82. The minimum atomic E-state index is -0.503. The fourth-order valence-corrected chi connectivity index (χ4v) is 1.82. The molecule has 2 aromatic rings. The van der Waals surface area contributed by atoms with Crippen molar-refractivity contribution in [3.8, 4) is 5.75 Å². The van der Waals surface area contributed by atoms with Crippen LogP contribution in [0.1, 0.15) is 15.9 Å². The zero-order valence-electron chi connectivity index (χ0n) is 12.7. The van der Waals surface area contributed by atoms with Crippen molar-refractivity contribution in [1.29, 1.82) is 0 Å². The summed E-state index contributed by atoms with van der Waals surface area (Å²) in [5, 5.41) is 0. The van der Waals surface area contributed by atoms with Crippen molar-refractivity contribution in [3.05, 3.63) is 77.9 Å². The number of nitrogens with one attached hydrogen (secondary N) is 1. The van der Waals surface area contributed by atoms with Crippen LogP contribution in [0.2, 0.25) is 0 Å². The first-order chi connectivity index (χ1) is 11.2. The van der Waals surface area contributed by atoms with E-state index >= 15 is 0 Å². The van der Waals surface area contributed by atoms with E-state index in [1.165, 1.54) is 13.2 Å². The molecule has 0 radical (unpaired) electrons. The second-order valence-electron chi connectivity index (χ2n) is 4.67. The number of carbonyl (C=O) groups excluding carboxylic acids is 2. The van der Waals surface area contributed by atoms with Gasteiger partial charge in [0.05, 0.1) is 13.7 Å². The summed E-state index contributed by atoms with van der Waals surface area (Å²) in [6.07, 6.45) is 2.32. The summed E-state index contributed by atoms with van der Waals surface area (Å²) in [5.41, 5.74) is 3.64. The normalized spacial score (nSPS) is 10.5. The Bertz CT molecular complexity index is 695. The molecule has 0 aromatic heterocycles. The molecule has 2 aromatic carbocycles. The quantitative estimate of drug-likeness (QED) is 0.485. The Morgan fingerprint density at radius 1 is 1.04 bits per heavy atom. The van der Waals surface area contributed by atoms with Gasteiger partial charge in [0.1, 0.15) is 5.75 Å². The summed E-state index contributed by atoms with van der Waals surface area (Å²) < 4.78 is 5.05. The van der Waals surface area contributed by atoms with Crippen LogP contribution < -0.4 is 10.2 Å². The smallest absolute Gasteiger partial charge is 0.267 e. The van der Waals surface area contributed by atoms with Crippen LogP contribution in [0, 0.1) is 0 Å². The van der Waals surface area contributed by atoms with Crippen LogP contribution >= 0.6 is 0 Å². The number of benzene rings is 2. The summed E-state index contributed by atoms with van der Waals surface area (Å²) in [5.74, 6) is -0.209. The number of amides is 1. The maximum absolute atomic E-state index is 11.9. The number of rotatable bonds is 7. The van der Waals surface area contributed by atoms with E-state index in [0.29, 0.717) is 11.3 Å². The van der Waals surface area contributed by atoms with Gasteiger partial charge in [-0.1, -0.05) is 42.5 Å². The first-order valence-corrected chi connectivity index (χ1v) is 7.01. The molecule has 0 bridgehead atoms. The van der Waals surface area contributed by atoms with Crippen LogP contribution in [0.5, 0.6) is 5.75 Å². The van der Waals surface area contributed by atoms with E-state index in [1.54, 1.807) is 24.3 Å². The average Bonchev–Trinajstić information content (AvgIpc) is 2.60. The number of hydroxylamine groups is 1. The topological polar surface area (TPSA) is 64.6 Å². The average molecular weight is 311 g/mol. The second-order valence-corrected chi connectivity index (χ2v) is 4.67. The number of carbonyl (C=O) groups is 2. The van der Waals surface area contributed by atoms with Gasteiger partial charge < -0.3 is 4.74 Å². The third kappa shape index (κ3) is 5.41. The lowest BCUT2D eigenvalue weighted by Gasteiger charge is -2.03. The monoisotopic (exact) mass is 311 g/mol.